The maximum absolute atomic E-state index is 9.14. The van der Waals surface area contributed by atoms with Crippen LogP contribution in [-0.2, 0) is 10.8 Å². The second kappa shape index (κ2) is 8.96. The van der Waals surface area contributed by atoms with Crippen LogP contribution < -0.4 is 4.74 Å². The van der Waals surface area contributed by atoms with Crippen molar-refractivity contribution in [3.05, 3.63) is 34.9 Å². The van der Waals surface area contributed by atoms with Crippen LogP contribution in [0.15, 0.2) is 18.2 Å². The minimum atomic E-state index is 0.158. The molecule has 0 N–H and O–H groups in total. The summed E-state index contributed by atoms with van der Waals surface area (Å²) in [5, 5.41) is 9.14. The van der Waals surface area contributed by atoms with Crippen LogP contribution in [0.2, 0.25) is 0 Å². The smallest absolute Gasteiger partial charge is 0.127 e. The molecule has 0 radical (unpaired) electrons. The predicted octanol–water partition coefficient (Wildman–Crippen LogP) is 7.31. The Hall–Kier alpha value is -1.75. The van der Waals surface area contributed by atoms with Gasteiger partial charge in [-0.3, -0.25) is 0 Å². The predicted molar refractivity (Wildman–Crippen MR) is 115 cm³/mol. The Morgan fingerprint density at radius 2 is 1.63 bits per heavy atom. The van der Waals surface area contributed by atoms with Crippen molar-refractivity contribution in [1.29, 1.82) is 5.26 Å². The second-order valence-corrected chi connectivity index (χ2v) is 9.38. The van der Waals surface area contributed by atoms with E-state index in [1.165, 1.54) is 49.7 Å². The average molecular weight is 368 g/mol. The first-order valence-corrected chi connectivity index (χ1v) is 10.6. The van der Waals surface area contributed by atoms with E-state index < -0.39 is 0 Å². The molecule has 1 aliphatic rings. The third-order valence-corrected chi connectivity index (χ3v) is 6.16. The lowest BCUT2D eigenvalue weighted by Crippen LogP contribution is -2.34. The zero-order valence-corrected chi connectivity index (χ0v) is 18.2. The molecule has 0 spiro atoms. The number of benzene rings is 1. The van der Waals surface area contributed by atoms with Crippen molar-refractivity contribution in [3.8, 4) is 11.8 Å². The summed E-state index contributed by atoms with van der Waals surface area (Å²) in [5.74, 6) is 0.944. The highest BCUT2D eigenvalue weighted by Crippen LogP contribution is 2.48. The SMILES string of the molecule is CCCCCCCOc1cc2c(cc1/C(C)=C\C#N)C(C)(C)CCC2(C)C. The number of hydrogen-bond donors (Lipinski definition) is 0. The molecule has 0 saturated carbocycles. The van der Waals surface area contributed by atoms with Crippen LogP contribution in [0.3, 0.4) is 0 Å². The van der Waals surface area contributed by atoms with E-state index >= 15 is 0 Å². The molecule has 0 atom stereocenters. The van der Waals surface area contributed by atoms with Gasteiger partial charge < -0.3 is 4.74 Å². The molecule has 0 unspecified atom stereocenters. The van der Waals surface area contributed by atoms with Crippen LogP contribution >= 0.6 is 0 Å². The van der Waals surface area contributed by atoms with Crippen molar-refractivity contribution in [2.45, 2.75) is 97.3 Å². The number of hydrogen-bond acceptors (Lipinski definition) is 2. The number of nitrogens with zero attached hydrogens (tertiary/aromatic N) is 1. The first kappa shape index (κ1) is 21.5. The van der Waals surface area contributed by atoms with Crippen LogP contribution in [0.25, 0.3) is 5.57 Å². The monoisotopic (exact) mass is 367 g/mol. The molecule has 2 nitrogen and oxygen atoms in total. The molecule has 0 aliphatic heterocycles. The number of ether oxygens (including phenoxy) is 1. The van der Waals surface area contributed by atoms with Gasteiger partial charge in [-0.1, -0.05) is 60.3 Å². The van der Waals surface area contributed by atoms with Crippen LogP contribution in [0, 0.1) is 11.3 Å². The van der Waals surface area contributed by atoms with Crippen molar-refractivity contribution in [1.82, 2.24) is 0 Å². The van der Waals surface area contributed by atoms with E-state index in [2.05, 4.69) is 52.8 Å². The van der Waals surface area contributed by atoms with Gasteiger partial charge in [0.1, 0.15) is 5.75 Å². The third kappa shape index (κ3) is 5.16. The first-order valence-electron chi connectivity index (χ1n) is 10.6. The molecule has 1 aromatic rings. The highest BCUT2D eigenvalue weighted by atomic mass is 16.5. The largest absolute Gasteiger partial charge is 0.493 e. The zero-order chi connectivity index (χ0) is 20.1. The number of allylic oxidation sites excluding steroid dienone is 2. The molecule has 2 heteroatoms. The van der Waals surface area contributed by atoms with Gasteiger partial charge in [-0.25, -0.2) is 0 Å². The van der Waals surface area contributed by atoms with E-state index in [-0.39, 0.29) is 10.8 Å². The van der Waals surface area contributed by atoms with Gasteiger partial charge in [-0.2, -0.15) is 5.26 Å². The molecule has 0 heterocycles. The fourth-order valence-electron chi connectivity index (χ4n) is 4.08. The van der Waals surface area contributed by atoms with Crippen molar-refractivity contribution in [3.63, 3.8) is 0 Å². The Kier molecular flexibility index (Phi) is 7.15. The quantitative estimate of drug-likeness (QED) is 0.356. The van der Waals surface area contributed by atoms with Crippen molar-refractivity contribution < 1.29 is 4.74 Å². The number of fused-ring (bicyclic) bond motifs is 1. The minimum Gasteiger partial charge on any atom is -0.493 e. The van der Waals surface area contributed by atoms with Gasteiger partial charge in [-0.15, -0.1) is 0 Å². The molecule has 0 amide bonds. The summed E-state index contributed by atoms with van der Waals surface area (Å²) in [4.78, 5) is 0. The summed E-state index contributed by atoms with van der Waals surface area (Å²) in [7, 11) is 0. The summed E-state index contributed by atoms with van der Waals surface area (Å²) in [6.07, 6.45) is 10.2. The molecular weight excluding hydrogens is 330 g/mol. The Morgan fingerprint density at radius 3 is 2.22 bits per heavy atom. The normalized spacial score (nSPS) is 17.9. The third-order valence-electron chi connectivity index (χ3n) is 6.16. The topological polar surface area (TPSA) is 33.0 Å². The average Bonchev–Trinajstić information content (AvgIpc) is 2.62. The van der Waals surface area contributed by atoms with Gasteiger partial charge in [-0.05, 0) is 65.8 Å². The molecule has 1 aromatic carbocycles. The van der Waals surface area contributed by atoms with Crippen LogP contribution in [0.4, 0.5) is 0 Å². The summed E-state index contributed by atoms with van der Waals surface area (Å²) < 4.78 is 6.26. The summed E-state index contributed by atoms with van der Waals surface area (Å²) in [5.41, 5.74) is 5.21. The van der Waals surface area contributed by atoms with Crippen LogP contribution in [-0.4, -0.2) is 6.61 Å². The van der Waals surface area contributed by atoms with Crippen molar-refractivity contribution in [2.75, 3.05) is 6.61 Å². The van der Waals surface area contributed by atoms with Gasteiger partial charge >= 0.3 is 0 Å². The summed E-state index contributed by atoms with van der Waals surface area (Å²) >= 11 is 0. The fourth-order valence-corrected chi connectivity index (χ4v) is 4.08. The number of rotatable bonds is 8. The van der Waals surface area contributed by atoms with Gasteiger partial charge in [0.25, 0.3) is 0 Å². The number of nitriles is 1. The molecule has 1 aliphatic carbocycles. The molecule has 0 fully saturated rings. The van der Waals surface area contributed by atoms with E-state index in [4.69, 9.17) is 10.00 Å². The van der Waals surface area contributed by atoms with Gasteiger partial charge in [0.05, 0.1) is 12.7 Å². The van der Waals surface area contributed by atoms with Gasteiger partial charge in [0.15, 0.2) is 0 Å². The lowest BCUT2D eigenvalue weighted by atomic mass is 9.62. The lowest BCUT2D eigenvalue weighted by Gasteiger charge is -2.42. The fraction of sp³-hybridized carbons (Fsp3) is 0.640. The minimum absolute atomic E-state index is 0.158. The summed E-state index contributed by atoms with van der Waals surface area (Å²) in [6, 6.07) is 6.75. The van der Waals surface area contributed by atoms with E-state index in [0.717, 1.165) is 29.9 Å². The highest BCUT2D eigenvalue weighted by molar-refractivity contribution is 5.73. The van der Waals surface area contributed by atoms with Crippen LogP contribution in [0.5, 0.6) is 5.75 Å². The molecule has 27 heavy (non-hydrogen) atoms. The molecule has 0 bridgehead atoms. The van der Waals surface area contributed by atoms with Crippen LogP contribution in [0.1, 0.15) is 103 Å². The van der Waals surface area contributed by atoms with Gasteiger partial charge in [0, 0.05) is 11.6 Å². The van der Waals surface area contributed by atoms with E-state index in [1.807, 2.05) is 6.92 Å². The van der Waals surface area contributed by atoms with E-state index in [9.17, 15) is 0 Å². The van der Waals surface area contributed by atoms with Crippen molar-refractivity contribution in [2.24, 2.45) is 0 Å². The standard InChI is InChI=1S/C25H37NO/c1-7-8-9-10-11-16-27-23-18-22-21(17-20(23)19(2)12-15-26)24(3,4)13-14-25(22,5)6/h12,17-18H,7-11,13-14,16H2,1-6H3/b19-12-. The maximum Gasteiger partial charge on any atom is 0.127 e. The van der Waals surface area contributed by atoms with E-state index in [1.54, 1.807) is 6.08 Å². The lowest BCUT2D eigenvalue weighted by molar-refractivity contribution is 0.297. The second-order valence-electron chi connectivity index (χ2n) is 9.38. The Balaban J connectivity index is 2.36. The van der Waals surface area contributed by atoms with Crippen molar-refractivity contribution >= 4 is 5.57 Å². The molecular formula is C25H37NO. The molecule has 0 aromatic heterocycles. The zero-order valence-electron chi connectivity index (χ0n) is 18.2. The Labute approximate surface area is 166 Å². The highest BCUT2D eigenvalue weighted by Gasteiger charge is 2.38. The van der Waals surface area contributed by atoms with Gasteiger partial charge in [0.2, 0.25) is 0 Å². The Morgan fingerprint density at radius 1 is 1.04 bits per heavy atom. The summed E-state index contributed by atoms with van der Waals surface area (Å²) in [6.45, 7) is 14.4. The molecule has 0 saturated heterocycles. The van der Waals surface area contributed by atoms with E-state index in [0.29, 0.717) is 0 Å². The Bertz CT molecular complexity index is 719. The first-order chi connectivity index (χ1) is 12.7. The maximum atomic E-state index is 9.14. The number of unbranched alkanes of at least 4 members (excludes halogenated alkanes) is 4. The molecule has 2 rings (SSSR count). The molecule has 148 valence electrons.